The first-order valence-electron chi connectivity index (χ1n) is 10.3. The summed E-state index contributed by atoms with van der Waals surface area (Å²) in [5.41, 5.74) is 16.4. The molecule has 0 aromatic rings. The number of aliphatic hydroxyl groups is 1. The van der Waals surface area contributed by atoms with Crippen LogP contribution in [0.5, 0.6) is 0 Å². The molecule has 0 aromatic carbocycles. The van der Waals surface area contributed by atoms with Crippen molar-refractivity contribution in [2.45, 2.75) is 56.3 Å². The number of aliphatic imine (C=N–C) groups is 1. The standard InChI is InChI=1S/C18H31N7O8/c19-9(3-1-5-22-18(20)21)16(31)25-6-2-4-12(25)15(30)23-10(7-13(27)28)14(29)24-11(8-26)17(32)33/h9-12,26H,1-8,19H2,(H,23,30)(H,24,29)(H,27,28)(H,32,33)(H4,20,21,22). The zero-order valence-corrected chi connectivity index (χ0v) is 18.0. The number of rotatable bonds is 13. The minimum atomic E-state index is -1.67. The molecule has 1 saturated heterocycles. The van der Waals surface area contributed by atoms with Crippen LogP contribution in [0.15, 0.2) is 4.99 Å². The first-order valence-corrected chi connectivity index (χ1v) is 10.3. The summed E-state index contributed by atoms with van der Waals surface area (Å²) < 4.78 is 0. The van der Waals surface area contributed by atoms with Gasteiger partial charge in [-0.15, -0.1) is 0 Å². The number of nitrogens with two attached hydrogens (primary N) is 3. The number of nitrogens with one attached hydrogen (secondary N) is 2. The molecule has 0 saturated carbocycles. The van der Waals surface area contributed by atoms with Crippen molar-refractivity contribution < 1.29 is 39.3 Å². The number of amides is 3. The number of guanidine groups is 1. The molecular formula is C18H31N7O8. The molecule has 186 valence electrons. The summed E-state index contributed by atoms with van der Waals surface area (Å²) in [6, 6.07) is -5.17. The molecule has 4 atom stereocenters. The summed E-state index contributed by atoms with van der Waals surface area (Å²) in [7, 11) is 0. The smallest absolute Gasteiger partial charge is 0.328 e. The molecule has 0 aromatic heterocycles. The number of carboxylic acids is 2. The first kappa shape index (κ1) is 27.6. The first-order chi connectivity index (χ1) is 15.5. The third kappa shape index (κ3) is 8.89. The van der Waals surface area contributed by atoms with Gasteiger partial charge in [0.1, 0.15) is 18.1 Å². The molecule has 0 radical (unpaired) electrons. The second-order valence-electron chi connectivity index (χ2n) is 7.49. The Morgan fingerprint density at radius 1 is 1.09 bits per heavy atom. The third-order valence-corrected chi connectivity index (χ3v) is 4.93. The van der Waals surface area contributed by atoms with Gasteiger partial charge in [-0.1, -0.05) is 0 Å². The Bertz CT molecular complexity index is 771. The molecule has 33 heavy (non-hydrogen) atoms. The number of hydrogen-bond acceptors (Lipinski definition) is 8. The van der Waals surface area contributed by atoms with Crippen LogP contribution in [0.25, 0.3) is 0 Å². The quantitative estimate of drug-likeness (QED) is 0.0723. The lowest BCUT2D eigenvalue weighted by molar-refractivity contribution is -0.145. The average molecular weight is 473 g/mol. The van der Waals surface area contributed by atoms with Gasteiger partial charge < -0.3 is 48.1 Å². The molecule has 1 aliphatic rings. The number of hydrogen-bond donors (Lipinski definition) is 8. The molecule has 1 aliphatic heterocycles. The number of carbonyl (C=O) groups excluding carboxylic acids is 3. The van der Waals surface area contributed by atoms with E-state index >= 15 is 0 Å². The van der Waals surface area contributed by atoms with Gasteiger partial charge in [-0.2, -0.15) is 0 Å². The van der Waals surface area contributed by atoms with Crippen LogP contribution in [0.1, 0.15) is 32.1 Å². The summed E-state index contributed by atoms with van der Waals surface area (Å²) in [5, 5.41) is 31.3. The molecule has 1 fully saturated rings. The van der Waals surface area contributed by atoms with E-state index in [1.54, 1.807) is 0 Å². The van der Waals surface area contributed by atoms with Gasteiger partial charge in [0, 0.05) is 13.1 Å². The summed E-state index contributed by atoms with van der Waals surface area (Å²) in [6.07, 6.45) is 0.633. The van der Waals surface area contributed by atoms with Gasteiger partial charge in [0.25, 0.3) is 0 Å². The lowest BCUT2D eigenvalue weighted by Gasteiger charge is -2.28. The molecular weight excluding hydrogens is 442 g/mol. The Kier molecular flexibility index (Phi) is 11.0. The second-order valence-corrected chi connectivity index (χ2v) is 7.49. The fourth-order valence-electron chi connectivity index (χ4n) is 3.27. The maximum absolute atomic E-state index is 12.8. The number of aliphatic hydroxyl groups excluding tert-OH is 1. The number of nitrogens with zero attached hydrogens (tertiary/aromatic N) is 2. The van der Waals surface area contributed by atoms with Crippen molar-refractivity contribution in [1.82, 2.24) is 15.5 Å². The fourth-order valence-corrected chi connectivity index (χ4v) is 3.27. The van der Waals surface area contributed by atoms with E-state index in [1.807, 2.05) is 5.32 Å². The maximum Gasteiger partial charge on any atom is 0.328 e. The summed E-state index contributed by atoms with van der Waals surface area (Å²) in [4.78, 5) is 65.0. The Hall–Kier alpha value is -3.46. The number of likely N-dealkylation sites (tertiary alicyclic amines) is 1. The molecule has 0 aliphatic carbocycles. The largest absolute Gasteiger partial charge is 0.481 e. The van der Waals surface area contributed by atoms with Crippen LogP contribution in [0.2, 0.25) is 0 Å². The number of aliphatic carboxylic acids is 2. The van der Waals surface area contributed by atoms with Crippen LogP contribution in [0, 0.1) is 0 Å². The molecule has 0 bridgehead atoms. The van der Waals surface area contributed by atoms with Gasteiger partial charge in [0.05, 0.1) is 19.1 Å². The Balaban J connectivity index is 2.81. The molecule has 4 unspecified atom stereocenters. The van der Waals surface area contributed by atoms with Crippen molar-refractivity contribution in [2.75, 3.05) is 19.7 Å². The van der Waals surface area contributed by atoms with Crippen molar-refractivity contribution in [3.05, 3.63) is 0 Å². The molecule has 1 rings (SSSR count). The van der Waals surface area contributed by atoms with E-state index in [-0.39, 0.29) is 31.9 Å². The third-order valence-electron chi connectivity index (χ3n) is 4.93. The van der Waals surface area contributed by atoms with Gasteiger partial charge in [-0.3, -0.25) is 24.2 Å². The zero-order chi connectivity index (χ0) is 25.1. The highest BCUT2D eigenvalue weighted by molar-refractivity contribution is 5.95. The van der Waals surface area contributed by atoms with E-state index in [1.165, 1.54) is 4.90 Å². The average Bonchev–Trinajstić information content (AvgIpc) is 3.22. The summed E-state index contributed by atoms with van der Waals surface area (Å²) in [6.45, 7) is -0.398. The van der Waals surface area contributed by atoms with Gasteiger partial charge >= 0.3 is 11.9 Å². The highest BCUT2D eigenvalue weighted by Gasteiger charge is 2.38. The maximum atomic E-state index is 12.8. The van der Waals surface area contributed by atoms with E-state index in [2.05, 4.69) is 10.3 Å². The van der Waals surface area contributed by atoms with E-state index in [4.69, 9.17) is 32.5 Å². The van der Waals surface area contributed by atoms with Crippen molar-refractivity contribution in [1.29, 1.82) is 0 Å². The predicted molar refractivity (Wildman–Crippen MR) is 113 cm³/mol. The van der Waals surface area contributed by atoms with Crippen LogP contribution in [-0.2, 0) is 24.0 Å². The molecule has 0 spiro atoms. The highest BCUT2D eigenvalue weighted by atomic mass is 16.4. The summed E-state index contributed by atoms with van der Waals surface area (Å²) >= 11 is 0. The molecule has 11 N–H and O–H groups in total. The fraction of sp³-hybridized carbons (Fsp3) is 0.667. The van der Waals surface area contributed by atoms with Crippen LogP contribution in [-0.4, -0.2) is 99.7 Å². The van der Waals surface area contributed by atoms with Gasteiger partial charge in [0.15, 0.2) is 5.96 Å². The topological polar surface area (TPSA) is 264 Å². The second kappa shape index (κ2) is 13.2. The Morgan fingerprint density at radius 3 is 2.30 bits per heavy atom. The van der Waals surface area contributed by atoms with Crippen molar-refractivity contribution in [3.8, 4) is 0 Å². The zero-order valence-electron chi connectivity index (χ0n) is 18.0. The monoisotopic (exact) mass is 473 g/mol. The van der Waals surface area contributed by atoms with Gasteiger partial charge in [-0.25, -0.2) is 4.79 Å². The van der Waals surface area contributed by atoms with Crippen LogP contribution >= 0.6 is 0 Å². The van der Waals surface area contributed by atoms with E-state index in [9.17, 15) is 24.0 Å². The minimum absolute atomic E-state index is 0.0835. The number of carbonyl (C=O) groups is 5. The molecule has 1 heterocycles. The molecule has 3 amide bonds. The van der Waals surface area contributed by atoms with Crippen LogP contribution < -0.4 is 27.8 Å². The normalized spacial score (nSPS) is 18.0. The van der Waals surface area contributed by atoms with Crippen LogP contribution in [0.4, 0.5) is 0 Å². The van der Waals surface area contributed by atoms with E-state index in [0.29, 0.717) is 12.8 Å². The van der Waals surface area contributed by atoms with Crippen molar-refractivity contribution >= 4 is 35.6 Å². The van der Waals surface area contributed by atoms with E-state index < -0.39 is 66.9 Å². The Morgan fingerprint density at radius 2 is 1.76 bits per heavy atom. The van der Waals surface area contributed by atoms with Crippen molar-refractivity contribution in [3.63, 3.8) is 0 Å². The van der Waals surface area contributed by atoms with E-state index in [0.717, 1.165) is 0 Å². The summed E-state index contributed by atoms with van der Waals surface area (Å²) in [5.74, 6) is -5.39. The number of carboxylic acid groups (broad SMARTS) is 2. The van der Waals surface area contributed by atoms with Crippen LogP contribution in [0.3, 0.4) is 0 Å². The highest BCUT2D eigenvalue weighted by Crippen LogP contribution is 2.19. The lowest BCUT2D eigenvalue weighted by atomic mass is 10.1. The SMILES string of the molecule is NC(N)=NCCCC(N)C(=O)N1CCCC1C(=O)NC(CC(=O)O)C(=O)NC(CO)C(=O)O. The molecule has 15 nitrogen and oxygen atoms in total. The minimum Gasteiger partial charge on any atom is -0.481 e. The molecule has 15 heteroatoms. The van der Waals surface area contributed by atoms with Gasteiger partial charge in [0.2, 0.25) is 17.7 Å². The van der Waals surface area contributed by atoms with Crippen molar-refractivity contribution in [2.24, 2.45) is 22.2 Å². The Labute approximate surface area is 189 Å². The lowest BCUT2D eigenvalue weighted by Crippen LogP contribution is -2.57. The van der Waals surface area contributed by atoms with Gasteiger partial charge in [-0.05, 0) is 25.7 Å². The predicted octanol–water partition coefficient (Wildman–Crippen LogP) is -4.12.